The lowest BCUT2D eigenvalue weighted by molar-refractivity contribution is 0.673. The second kappa shape index (κ2) is 10.2. The molecule has 7 aromatic carbocycles. The van der Waals surface area contributed by atoms with Crippen molar-refractivity contribution in [1.82, 2.24) is 15.0 Å². The highest BCUT2D eigenvalue weighted by Gasteiger charge is 2.19. The van der Waals surface area contributed by atoms with Crippen molar-refractivity contribution in [2.24, 2.45) is 0 Å². The SMILES string of the molecule is c1ccc(-c2nc(-c3ccccc3)nc(-c3ccc(-c4cccc5c6ccccc6c6c7ccccc7oc6c45)cc3)n2)cc1. The van der Waals surface area contributed by atoms with E-state index in [1.807, 2.05) is 66.7 Å². The minimum absolute atomic E-state index is 0.637. The van der Waals surface area contributed by atoms with Crippen molar-refractivity contribution in [3.63, 3.8) is 0 Å². The van der Waals surface area contributed by atoms with Crippen LogP contribution in [0.4, 0.5) is 0 Å². The summed E-state index contributed by atoms with van der Waals surface area (Å²) in [6, 6.07) is 52.1. The molecule has 2 aromatic heterocycles. The van der Waals surface area contributed by atoms with Crippen molar-refractivity contribution in [3.8, 4) is 45.3 Å². The van der Waals surface area contributed by atoms with Crippen LogP contribution in [-0.2, 0) is 0 Å². The molecule has 9 rings (SSSR count). The molecule has 2 heterocycles. The molecule has 45 heavy (non-hydrogen) atoms. The van der Waals surface area contributed by atoms with E-state index >= 15 is 0 Å². The zero-order valence-corrected chi connectivity index (χ0v) is 24.2. The molecular formula is C41H25N3O. The van der Waals surface area contributed by atoms with E-state index in [4.69, 9.17) is 19.4 Å². The van der Waals surface area contributed by atoms with Gasteiger partial charge in [0.15, 0.2) is 17.5 Å². The summed E-state index contributed by atoms with van der Waals surface area (Å²) in [7, 11) is 0. The molecule has 0 saturated heterocycles. The van der Waals surface area contributed by atoms with Gasteiger partial charge in [-0.05, 0) is 33.4 Å². The Labute approximate surface area is 259 Å². The van der Waals surface area contributed by atoms with E-state index in [1.165, 1.54) is 16.2 Å². The number of aromatic nitrogens is 3. The molecule has 0 bridgehead atoms. The molecule has 0 aliphatic carbocycles. The maximum Gasteiger partial charge on any atom is 0.164 e. The first kappa shape index (κ1) is 25.4. The molecule has 0 aliphatic heterocycles. The molecule has 0 spiro atoms. The van der Waals surface area contributed by atoms with E-state index in [-0.39, 0.29) is 0 Å². The molecule has 4 heteroatoms. The lowest BCUT2D eigenvalue weighted by atomic mass is 9.91. The molecule has 0 saturated carbocycles. The summed E-state index contributed by atoms with van der Waals surface area (Å²) in [6.45, 7) is 0. The van der Waals surface area contributed by atoms with E-state index in [0.29, 0.717) is 17.5 Å². The van der Waals surface area contributed by atoms with Gasteiger partial charge in [-0.3, -0.25) is 0 Å². The molecule has 0 N–H and O–H groups in total. The van der Waals surface area contributed by atoms with E-state index in [2.05, 4.69) is 84.9 Å². The fourth-order valence-electron chi connectivity index (χ4n) is 6.42. The average Bonchev–Trinajstić information content (AvgIpc) is 3.52. The van der Waals surface area contributed by atoms with E-state index in [9.17, 15) is 0 Å². The molecule has 9 aromatic rings. The van der Waals surface area contributed by atoms with Crippen LogP contribution in [0.1, 0.15) is 0 Å². The van der Waals surface area contributed by atoms with Crippen LogP contribution in [0.15, 0.2) is 156 Å². The van der Waals surface area contributed by atoms with Crippen LogP contribution < -0.4 is 0 Å². The smallest absolute Gasteiger partial charge is 0.164 e. The van der Waals surface area contributed by atoms with Gasteiger partial charge in [-0.1, -0.05) is 146 Å². The predicted molar refractivity (Wildman–Crippen MR) is 184 cm³/mol. The van der Waals surface area contributed by atoms with Crippen LogP contribution in [0.3, 0.4) is 0 Å². The third-order valence-electron chi connectivity index (χ3n) is 8.53. The molecule has 210 valence electrons. The summed E-state index contributed by atoms with van der Waals surface area (Å²) >= 11 is 0. The van der Waals surface area contributed by atoms with Crippen molar-refractivity contribution < 1.29 is 4.42 Å². The van der Waals surface area contributed by atoms with Crippen molar-refractivity contribution in [2.45, 2.75) is 0 Å². The largest absolute Gasteiger partial charge is 0.455 e. The summed E-state index contributed by atoms with van der Waals surface area (Å²) in [5, 5.41) is 7.01. The Bertz CT molecular complexity index is 2460. The lowest BCUT2D eigenvalue weighted by Crippen LogP contribution is -2.00. The van der Waals surface area contributed by atoms with Crippen LogP contribution >= 0.6 is 0 Å². The standard InChI is InChI=1S/C41H25N3O/c1-3-12-27(13-4-1)39-42-40(28-14-5-2-6-15-28)44-41(43-39)29-24-22-26(23-25-29)30-19-11-20-33-31-16-7-8-17-32(31)37-34-18-9-10-21-35(34)45-38(37)36(30)33/h1-25H. The number of furan rings is 1. The molecule has 4 nitrogen and oxygen atoms in total. The van der Waals surface area contributed by atoms with E-state index < -0.39 is 0 Å². The average molecular weight is 576 g/mol. The van der Waals surface area contributed by atoms with Crippen LogP contribution in [-0.4, -0.2) is 15.0 Å². The third-order valence-corrected chi connectivity index (χ3v) is 8.53. The Kier molecular flexibility index (Phi) is 5.78. The molecule has 0 unspecified atom stereocenters. The number of benzene rings is 7. The highest BCUT2D eigenvalue weighted by molar-refractivity contribution is 6.32. The number of rotatable bonds is 4. The fourth-order valence-corrected chi connectivity index (χ4v) is 6.42. The molecule has 0 atom stereocenters. The zero-order chi connectivity index (χ0) is 29.7. The van der Waals surface area contributed by atoms with Crippen LogP contribution in [0.5, 0.6) is 0 Å². The van der Waals surface area contributed by atoms with Gasteiger partial charge < -0.3 is 4.42 Å². The summed E-state index contributed by atoms with van der Waals surface area (Å²) in [4.78, 5) is 14.7. The minimum Gasteiger partial charge on any atom is -0.455 e. The summed E-state index contributed by atoms with van der Waals surface area (Å²) in [5.74, 6) is 1.94. The maximum atomic E-state index is 6.61. The highest BCUT2D eigenvalue weighted by atomic mass is 16.3. The van der Waals surface area contributed by atoms with Crippen molar-refractivity contribution >= 4 is 43.5 Å². The van der Waals surface area contributed by atoms with Gasteiger partial charge in [-0.2, -0.15) is 0 Å². The third kappa shape index (κ3) is 4.19. The van der Waals surface area contributed by atoms with Crippen LogP contribution in [0, 0.1) is 0 Å². The van der Waals surface area contributed by atoms with Gasteiger partial charge in [0.2, 0.25) is 0 Å². The quantitative estimate of drug-likeness (QED) is 0.196. The normalized spacial score (nSPS) is 11.6. The van der Waals surface area contributed by atoms with E-state index in [1.54, 1.807) is 0 Å². The Balaban J connectivity index is 1.23. The lowest BCUT2D eigenvalue weighted by Gasteiger charge is -2.12. The van der Waals surface area contributed by atoms with Gasteiger partial charge in [0, 0.05) is 32.8 Å². The van der Waals surface area contributed by atoms with Crippen molar-refractivity contribution in [1.29, 1.82) is 0 Å². The molecule has 0 aliphatic rings. The Hall–Kier alpha value is -6.13. The second-order valence-corrected chi connectivity index (χ2v) is 11.2. The number of para-hydroxylation sites is 1. The number of hydrogen-bond acceptors (Lipinski definition) is 4. The molecule has 0 radical (unpaired) electrons. The van der Waals surface area contributed by atoms with Gasteiger partial charge in [-0.15, -0.1) is 0 Å². The molecular weight excluding hydrogens is 550 g/mol. The van der Waals surface area contributed by atoms with Gasteiger partial charge in [0.1, 0.15) is 11.2 Å². The Morgan fingerprint density at radius 1 is 0.333 bits per heavy atom. The molecule has 0 fully saturated rings. The van der Waals surface area contributed by atoms with Gasteiger partial charge in [0.05, 0.1) is 0 Å². The van der Waals surface area contributed by atoms with Crippen LogP contribution in [0.25, 0.3) is 88.8 Å². The number of hydrogen-bond donors (Lipinski definition) is 0. The first-order valence-electron chi connectivity index (χ1n) is 15.0. The maximum absolute atomic E-state index is 6.61. The van der Waals surface area contributed by atoms with Crippen LogP contribution in [0.2, 0.25) is 0 Å². The summed E-state index contributed by atoms with van der Waals surface area (Å²) < 4.78 is 6.61. The number of nitrogens with zero attached hydrogens (tertiary/aromatic N) is 3. The first-order valence-corrected chi connectivity index (χ1v) is 15.0. The van der Waals surface area contributed by atoms with Crippen molar-refractivity contribution in [3.05, 3.63) is 152 Å². The number of fused-ring (bicyclic) bond motifs is 8. The fraction of sp³-hybridized carbons (Fsp3) is 0. The topological polar surface area (TPSA) is 51.8 Å². The zero-order valence-electron chi connectivity index (χ0n) is 24.2. The highest BCUT2D eigenvalue weighted by Crippen LogP contribution is 2.44. The monoisotopic (exact) mass is 575 g/mol. The van der Waals surface area contributed by atoms with Gasteiger partial charge >= 0.3 is 0 Å². The summed E-state index contributed by atoms with van der Waals surface area (Å²) in [6.07, 6.45) is 0. The molecule has 0 amide bonds. The van der Waals surface area contributed by atoms with E-state index in [0.717, 1.165) is 55.1 Å². The second-order valence-electron chi connectivity index (χ2n) is 11.2. The predicted octanol–water partition coefficient (Wildman–Crippen LogP) is 10.7. The Morgan fingerprint density at radius 2 is 0.800 bits per heavy atom. The Morgan fingerprint density at radius 3 is 1.44 bits per heavy atom. The summed E-state index contributed by atoms with van der Waals surface area (Å²) in [5.41, 5.74) is 6.87. The van der Waals surface area contributed by atoms with Gasteiger partial charge in [-0.25, -0.2) is 15.0 Å². The van der Waals surface area contributed by atoms with Gasteiger partial charge in [0.25, 0.3) is 0 Å². The van der Waals surface area contributed by atoms with Crippen molar-refractivity contribution in [2.75, 3.05) is 0 Å². The first-order chi connectivity index (χ1) is 22.3. The minimum atomic E-state index is 0.637.